The van der Waals surface area contributed by atoms with Crippen molar-refractivity contribution >= 4 is 39.9 Å². The molecule has 0 amide bonds. The van der Waals surface area contributed by atoms with Crippen LogP contribution < -0.4 is 0 Å². The zero-order chi connectivity index (χ0) is 19.9. The third-order valence-corrected chi connectivity index (χ3v) is 7.60. The maximum atomic E-state index is 13.9. The normalized spacial score (nSPS) is 36.3. The summed E-state index contributed by atoms with van der Waals surface area (Å²) in [5.74, 6) is -1.07. The molecule has 144 valence electrons. The van der Waals surface area contributed by atoms with Gasteiger partial charge in [-0.3, -0.25) is 14.4 Å². The molecule has 6 heteroatoms. The number of hydrogen-bond donors (Lipinski definition) is 1. The van der Waals surface area contributed by atoms with Crippen molar-refractivity contribution in [3.05, 3.63) is 9.34 Å². The molecule has 2 bridgehead atoms. The van der Waals surface area contributed by atoms with E-state index in [0.29, 0.717) is 28.6 Å². The first-order valence-electron chi connectivity index (χ1n) is 9.17. The number of hydrogen-bond acceptors (Lipinski definition) is 5. The Hall–Kier alpha value is -0.760. The first kappa shape index (κ1) is 20.0. The Bertz CT molecular complexity index is 742. The van der Waals surface area contributed by atoms with Crippen LogP contribution in [0.3, 0.4) is 0 Å². The van der Waals surface area contributed by atoms with Gasteiger partial charge in [0.2, 0.25) is 0 Å². The molecule has 0 radical (unpaired) electrons. The van der Waals surface area contributed by atoms with E-state index in [9.17, 15) is 19.5 Å². The van der Waals surface area contributed by atoms with E-state index in [2.05, 4.69) is 0 Å². The van der Waals surface area contributed by atoms with E-state index in [0.717, 1.165) is 0 Å². The average Bonchev–Trinajstić information content (AvgIpc) is 2.91. The lowest BCUT2D eigenvalue weighted by molar-refractivity contribution is -0.169. The van der Waals surface area contributed by atoms with E-state index in [1.54, 1.807) is 27.7 Å². The fourth-order valence-corrected chi connectivity index (χ4v) is 5.98. The zero-order valence-corrected chi connectivity index (χ0v) is 18.4. The second-order valence-electron chi connectivity index (χ2n) is 9.50. The van der Waals surface area contributed by atoms with Crippen LogP contribution in [0.2, 0.25) is 0 Å². The van der Waals surface area contributed by atoms with Crippen LogP contribution in [-0.2, 0) is 19.1 Å². The van der Waals surface area contributed by atoms with Gasteiger partial charge in [-0.15, -0.1) is 0 Å². The van der Waals surface area contributed by atoms with Gasteiger partial charge in [-0.25, -0.2) is 0 Å². The molecule has 3 atom stereocenters. The largest absolute Gasteiger partial charge is 0.489 e. The van der Waals surface area contributed by atoms with Crippen molar-refractivity contribution in [3.63, 3.8) is 0 Å². The standard InChI is InChI=1S/C20H27IO5/c1-10(2)13(22)20-14(23)12(21)15-19(16(20)24,8-7-17(20,3)4)9-11(26-15)18(5,6)25/h10-11,25H,7-9H2,1-6H3/t11-,19-,20-/m0/s1. The van der Waals surface area contributed by atoms with Crippen LogP contribution in [0.1, 0.15) is 60.8 Å². The van der Waals surface area contributed by atoms with E-state index in [-0.39, 0.29) is 11.6 Å². The van der Waals surface area contributed by atoms with Crippen LogP contribution in [0.15, 0.2) is 9.34 Å². The maximum absolute atomic E-state index is 13.9. The van der Waals surface area contributed by atoms with Gasteiger partial charge in [0, 0.05) is 12.3 Å². The topological polar surface area (TPSA) is 80.7 Å². The Balaban J connectivity index is 2.29. The minimum atomic E-state index is -1.66. The Kier molecular flexibility index (Phi) is 4.32. The second-order valence-corrected chi connectivity index (χ2v) is 10.6. The minimum Gasteiger partial charge on any atom is -0.489 e. The molecule has 1 heterocycles. The lowest BCUT2D eigenvalue weighted by atomic mass is 9.43. The summed E-state index contributed by atoms with van der Waals surface area (Å²) in [5.41, 5.74) is -4.52. The van der Waals surface area contributed by atoms with Crippen LogP contribution in [0.25, 0.3) is 0 Å². The number of allylic oxidation sites excluding steroid dienone is 2. The summed E-state index contributed by atoms with van der Waals surface area (Å²) in [6, 6.07) is 0. The molecular weight excluding hydrogens is 447 g/mol. The van der Waals surface area contributed by atoms with Gasteiger partial charge < -0.3 is 9.84 Å². The van der Waals surface area contributed by atoms with Crippen molar-refractivity contribution in [1.29, 1.82) is 0 Å². The van der Waals surface area contributed by atoms with E-state index in [4.69, 9.17) is 4.74 Å². The SMILES string of the molecule is CC(C)C(=O)[C@@]12C(=O)C(I)=C3O[C@H](C(C)(C)O)C[C@]3(CCC1(C)C)C2=O. The molecule has 0 aromatic heterocycles. The van der Waals surface area contributed by atoms with Gasteiger partial charge in [-0.05, 0) is 54.7 Å². The predicted molar refractivity (Wildman–Crippen MR) is 105 cm³/mol. The Morgan fingerprint density at radius 1 is 1.27 bits per heavy atom. The van der Waals surface area contributed by atoms with Gasteiger partial charge >= 0.3 is 0 Å². The summed E-state index contributed by atoms with van der Waals surface area (Å²) in [4.78, 5) is 40.7. The third-order valence-electron chi connectivity index (χ3n) is 6.62. The molecule has 5 nitrogen and oxygen atoms in total. The van der Waals surface area contributed by atoms with Gasteiger partial charge in [0.15, 0.2) is 22.8 Å². The number of rotatable bonds is 3. The molecule has 1 aliphatic heterocycles. The Morgan fingerprint density at radius 2 is 1.85 bits per heavy atom. The number of carbonyl (C=O) groups is 3. The summed E-state index contributed by atoms with van der Waals surface area (Å²) in [5, 5.41) is 10.4. The van der Waals surface area contributed by atoms with Crippen LogP contribution in [-0.4, -0.2) is 34.2 Å². The quantitative estimate of drug-likeness (QED) is 0.501. The number of ketones is 3. The fraction of sp³-hybridized carbons (Fsp3) is 0.750. The zero-order valence-electron chi connectivity index (χ0n) is 16.2. The predicted octanol–water partition coefficient (Wildman–Crippen LogP) is 3.36. The molecule has 0 aromatic carbocycles. The molecule has 26 heavy (non-hydrogen) atoms. The third kappa shape index (κ3) is 2.20. The molecule has 2 fully saturated rings. The number of Topliss-reactive ketones (excluding diaryl/α,β-unsaturated/α-hetero) is 3. The number of halogens is 1. The molecule has 0 aromatic rings. The summed E-state index contributed by atoms with van der Waals surface area (Å²) in [6.45, 7) is 10.5. The van der Waals surface area contributed by atoms with Crippen LogP contribution in [0.5, 0.6) is 0 Å². The van der Waals surface area contributed by atoms with Gasteiger partial charge in [0.1, 0.15) is 11.9 Å². The smallest absolute Gasteiger partial charge is 0.193 e. The van der Waals surface area contributed by atoms with Crippen molar-refractivity contribution in [2.24, 2.45) is 22.2 Å². The van der Waals surface area contributed by atoms with Gasteiger partial charge in [0.25, 0.3) is 0 Å². The molecule has 0 unspecified atom stereocenters. The monoisotopic (exact) mass is 474 g/mol. The number of fused-ring (bicyclic) bond motifs is 1. The maximum Gasteiger partial charge on any atom is 0.193 e. The van der Waals surface area contributed by atoms with E-state index >= 15 is 0 Å². The molecule has 1 saturated carbocycles. The lowest BCUT2D eigenvalue weighted by Crippen LogP contribution is -2.67. The van der Waals surface area contributed by atoms with Crippen LogP contribution in [0, 0.1) is 22.2 Å². The van der Waals surface area contributed by atoms with Crippen molar-refractivity contribution in [2.45, 2.75) is 72.5 Å². The molecular formula is C20H27IO5. The molecule has 3 rings (SSSR count). The molecule has 2 aliphatic carbocycles. The first-order valence-corrected chi connectivity index (χ1v) is 10.2. The Labute approximate surface area is 168 Å². The molecule has 1 spiro atoms. The lowest BCUT2D eigenvalue weighted by Gasteiger charge is -2.54. The summed E-state index contributed by atoms with van der Waals surface area (Å²) in [6.07, 6.45) is 0.852. The van der Waals surface area contributed by atoms with Gasteiger partial charge in [-0.2, -0.15) is 0 Å². The molecule has 3 aliphatic rings. The summed E-state index contributed by atoms with van der Waals surface area (Å²) >= 11 is 1.93. The highest BCUT2D eigenvalue weighted by Crippen LogP contribution is 2.66. The summed E-state index contributed by atoms with van der Waals surface area (Å²) < 4.78 is 6.33. The van der Waals surface area contributed by atoms with Crippen molar-refractivity contribution in [2.75, 3.05) is 0 Å². The number of carbonyl (C=O) groups excluding carboxylic acids is 3. The van der Waals surface area contributed by atoms with Crippen LogP contribution >= 0.6 is 22.6 Å². The van der Waals surface area contributed by atoms with E-state index in [1.807, 2.05) is 36.4 Å². The highest BCUT2D eigenvalue weighted by molar-refractivity contribution is 14.1. The second kappa shape index (κ2) is 5.63. The van der Waals surface area contributed by atoms with Gasteiger partial charge in [-0.1, -0.05) is 27.7 Å². The summed E-state index contributed by atoms with van der Waals surface area (Å²) in [7, 11) is 0. The van der Waals surface area contributed by atoms with Gasteiger partial charge in [0.05, 0.1) is 14.6 Å². The fourth-order valence-electron chi connectivity index (χ4n) is 4.93. The van der Waals surface area contributed by atoms with Crippen molar-refractivity contribution in [3.8, 4) is 0 Å². The Morgan fingerprint density at radius 3 is 2.35 bits per heavy atom. The number of ether oxygens (including phenoxy) is 1. The highest BCUT2D eigenvalue weighted by Gasteiger charge is 2.75. The van der Waals surface area contributed by atoms with E-state index < -0.39 is 39.7 Å². The molecule has 1 N–H and O–H groups in total. The average molecular weight is 474 g/mol. The van der Waals surface area contributed by atoms with Crippen molar-refractivity contribution < 1.29 is 24.2 Å². The van der Waals surface area contributed by atoms with E-state index in [1.165, 1.54) is 0 Å². The first-order chi connectivity index (χ1) is 11.7. The minimum absolute atomic E-state index is 0.295. The number of aliphatic hydroxyl groups is 1. The van der Waals surface area contributed by atoms with Crippen molar-refractivity contribution in [1.82, 2.24) is 0 Å². The molecule has 1 saturated heterocycles. The van der Waals surface area contributed by atoms with Crippen LogP contribution in [0.4, 0.5) is 0 Å². The highest BCUT2D eigenvalue weighted by atomic mass is 127.